The second-order valence-corrected chi connectivity index (χ2v) is 6.06. The summed E-state index contributed by atoms with van der Waals surface area (Å²) in [6, 6.07) is 6.48. The number of ether oxygens (including phenoxy) is 1. The molecule has 0 bridgehead atoms. The summed E-state index contributed by atoms with van der Waals surface area (Å²) in [5.74, 6) is 0.539. The molecule has 0 aliphatic rings. The first kappa shape index (κ1) is 18.8. The van der Waals surface area contributed by atoms with Gasteiger partial charge < -0.3 is 15.0 Å². The zero-order valence-corrected chi connectivity index (χ0v) is 14.6. The van der Waals surface area contributed by atoms with Crippen molar-refractivity contribution < 1.29 is 22.7 Å². The summed E-state index contributed by atoms with van der Waals surface area (Å²) in [6.45, 7) is 2.40. The van der Waals surface area contributed by atoms with E-state index in [2.05, 4.69) is 15.4 Å². The van der Waals surface area contributed by atoms with E-state index >= 15 is 0 Å². The van der Waals surface area contributed by atoms with Gasteiger partial charge in [0.05, 0.1) is 6.54 Å². The van der Waals surface area contributed by atoms with E-state index in [9.17, 15) is 18.0 Å². The predicted octanol–water partition coefficient (Wildman–Crippen LogP) is 3.14. The van der Waals surface area contributed by atoms with Gasteiger partial charge in [0.1, 0.15) is 12.4 Å². The molecular weight excluding hydrogens is 361 g/mol. The van der Waals surface area contributed by atoms with Gasteiger partial charge in [-0.15, -0.1) is 0 Å². The fraction of sp³-hybridized carbons (Fsp3) is 0.333. The Labute approximate surface area is 153 Å². The molecule has 0 aliphatic heterocycles. The maximum atomic E-state index is 12.5. The number of halogens is 3. The van der Waals surface area contributed by atoms with Gasteiger partial charge in [-0.1, -0.05) is 0 Å². The minimum absolute atomic E-state index is 0.0776. The first-order valence-corrected chi connectivity index (χ1v) is 8.41. The molecule has 0 saturated carbocycles. The van der Waals surface area contributed by atoms with Crippen LogP contribution in [0, 0.1) is 0 Å². The Morgan fingerprint density at radius 1 is 1.33 bits per heavy atom. The molecule has 6 nitrogen and oxygen atoms in total. The Hall–Kier alpha value is -2.97. The zero-order valence-electron chi connectivity index (χ0n) is 14.6. The molecule has 27 heavy (non-hydrogen) atoms. The number of nitrogens with one attached hydrogen (secondary N) is 2. The van der Waals surface area contributed by atoms with E-state index in [0.717, 1.165) is 22.5 Å². The summed E-state index contributed by atoms with van der Waals surface area (Å²) in [5, 5.41) is 7.23. The number of alkyl halides is 3. The Morgan fingerprint density at radius 3 is 2.85 bits per heavy atom. The molecule has 9 heteroatoms. The summed E-state index contributed by atoms with van der Waals surface area (Å²) in [6.07, 6.45) is -0.601. The molecule has 0 fully saturated rings. The maximum absolute atomic E-state index is 12.5. The van der Waals surface area contributed by atoms with Crippen LogP contribution in [0.15, 0.2) is 36.7 Å². The van der Waals surface area contributed by atoms with Crippen LogP contribution in [-0.2, 0) is 23.9 Å². The molecular formula is C18H19F3N4O2. The van der Waals surface area contributed by atoms with Crippen molar-refractivity contribution in [3.05, 3.63) is 47.9 Å². The quantitative estimate of drug-likeness (QED) is 0.662. The third-order valence-electron chi connectivity index (χ3n) is 4.03. The molecule has 3 rings (SSSR count). The summed E-state index contributed by atoms with van der Waals surface area (Å²) < 4.78 is 44.5. The van der Waals surface area contributed by atoms with Gasteiger partial charge in [-0.25, -0.2) is 0 Å². The van der Waals surface area contributed by atoms with E-state index < -0.39 is 11.9 Å². The van der Waals surface area contributed by atoms with Crippen LogP contribution in [0.1, 0.15) is 18.2 Å². The number of aromatic nitrogens is 3. The van der Waals surface area contributed by atoms with Crippen molar-refractivity contribution in [2.24, 2.45) is 0 Å². The van der Waals surface area contributed by atoms with Crippen LogP contribution >= 0.6 is 0 Å². The molecule has 0 spiro atoms. The number of H-pyrrole nitrogens is 1. The molecule has 0 saturated heterocycles. The van der Waals surface area contributed by atoms with Gasteiger partial charge in [-0.05, 0) is 36.2 Å². The third-order valence-corrected chi connectivity index (χ3v) is 4.03. The van der Waals surface area contributed by atoms with E-state index in [-0.39, 0.29) is 19.1 Å². The van der Waals surface area contributed by atoms with Crippen LogP contribution in [0.25, 0.3) is 10.9 Å². The maximum Gasteiger partial charge on any atom is 0.435 e. The highest BCUT2D eigenvalue weighted by Crippen LogP contribution is 2.27. The number of aromatic amines is 1. The molecule has 2 N–H and O–H groups in total. The zero-order chi connectivity index (χ0) is 19.4. The SMILES string of the molecule is CC(=O)NCCc1c[nH]c2ccc(OCCn3ccc(C(F)(F)F)n3)cc12. The van der Waals surface area contributed by atoms with Crippen LogP contribution < -0.4 is 10.1 Å². The van der Waals surface area contributed by atoms with Gasteiger partial charge in [0.15, 0.2) is 5.69 Å². The summed E-state index contributed by atoms with van der Waals surface area (Å²) in [7, 11) is 0. The average Bonchev–Trinajstić information content (AvgIpc) is 3.22. The highest BCUT2D eigenvalue weighted by molar-refractivity contribution is 5.84. The van der Waals surface area contributed by atoms with Gasteiger partial charge in [-0.3, -0.25) is 9.48 Å². The lowest BCUT2D eigenvalue weighted by molar-refractivity contribution is -0.141. The van der Waals surface area contributed by atoms with Crippen molar-refractivity contribution >= 4 is 16.8 Å². The topological polar surface area (TPSA) is 71.9 Å². The number of rotatable bonds is 7. The summed E-state index contributed by atoms with van der Waals surface area (Å²) in [5.41, 5.74) is 1.08. The second kappa shape index (κ2) is 7.73. The van der Waals surface area contributed by atoms with Crippen LogP contribution in [0.3, 0.4) is 0 Å². The van der Waals surface area contributed by atoms with Crippen LogP contribution in [0.5, 0.6) is 5.75 Å². The van der Waals surface area contributed by atoms with Crippen molar-refractivity contribution in [2.75, 3.05) is 13.2 Å². The smallest absolute Gasteiger partial charge is 0.435 e. The number of carbonyl (C=O) groups is 1. The minimum Gasteiger partial charge on any atom is -0.492 e. The summed E-state index contributed by atoms with van der Waals surface area (Å²) >= 11 is 0. The number of carbonyl (C=O) groups excluding carboxylic acids is 1. The number of benzene rings is 1. The standard InChI is InChI=1S/C18H19F3N4O2/c1-12(26)22-6-4-13-11-23-16-3-2-14(10-15(13)16)27-9-8-25-7-5-17(24-25)18(19,20)21/h2-3,5,7,10-11,23H,4,6,8-9H2,1H3,(H,22,26). The fourth-order valence-electron chi connectivity index (χ4n) is 2.72. The average molecular weight is 380 g/mol. The molecule has 144 valence electrons. The minimum atomic E-state index is -4.45. The van der Waals surface area contributed by atoms with Gasteiger partial charge in [0.2, 0.25) is 5.91 Å². The molecule has 0 aliphatic carbocycles. The highest BCUT2D eigenvalue weighted by Gasteiger charge is 2.33. The number of amides is 1. The van der Waals surface area contributed by atoms with Gasteiger partial charge in [-0.2, -0.15) is 18.3 Å². The van der Waals surface area contributed by atoms with Crippen LogP contribution in [-0.4, -0.2) is 33.8 Å². The highest BCUT2D eigenvalue weighted by atomic mass is 19.4. The number of hydrogen-bond acceptors (Lipinski definition) is 3. The molecule has 2 heterocycles. The van der Waals surface area contributed by atoms with Gasteiger partial charge in [0, 0.05) is 36.8 Å². The molecule has 1 amide bonds. The molecule has 0 radical (unpaired) electrons. The molecule has 0 atom stereocenters. The molecule has 0 unspecified atom stereocenters. The van der Waals surface area contributed by atoms with Crippen molar-refractivity contribution in [3.8, 4) is 5.75 Å². The van der Waals surface area contributed by atoms with Crippen molar-refractivity contribution in [2.45, 2.75) is 26.1 Å². The van der Waals surface area contributed by atoms with E-state index in [4.69, 9.17) is 4.74 Å². The lowest BCUT2D eigenvalue weighted by atomic mass is 10.1. The Morgan fingerprint density at radius 2 is 2.15 bits per heavy atom. The number of fused-ring (bicyclic) bond motifs is 1. The van der Waals surface area contributed by atoms with E-state index in [0.29, 0.717) is 18.7 Å². The van der Waals surface area contributed by atoms with Crippen molar-refractivity contribution in [1.82, 2.24) is 20.1 Å². The van der Waals surface area contributed by atoms with E-state index in [1.54, 1.807) is 6.07 Å². The first-order valence-electron chi connectivity index (χ1n) is 8.41. The lowest BCUT2D eigenvalue weighted by Gasteiger charge is -2.08. The number of nitrogens with zero attached hydrogens (tertiary/aromatic N) is 2. The second-order valence-electron chi connectivity index (χ2n) is 6.06. The van der Waals surface area contributed by atoms with Crippen molar-refractivity contribution in [1.29, 1.82) is 0 Å². The van der Waals surface area contributed by atoms with E-state index in [1.165, 1.54) is 17.8 Å². The van der Waals surface area contributed by atoms with E-state index in [1.807, 2.05) is 18.3 Å². The lowest BCUT2D eigenvalue weighted by Crippen LogP contribution is -2.22. The van der Waals surface area contributed by atoms with Gasteiger partial charge >= 0.3 is 6.18 Å². The summed E-state index contributed by atoms with van der Waals surface area (Å²) in [4.78, 5) is 14.1. The largest absolute Gasteiger partial charge is 0.492 e. The fourth-order valence-corrected chi connectivity index (χ4v) is 2.72. The third kappa shape index (κ3) is 4.81. The monoisotopic (exact) mass is 380 g/mol. The molecule has 3 aromatic rings. The van der Waals surface area contributed by atoms with Crippen LogP contribution in [0.4, 0.5) is 13.2 Å². The Bertz CT molecular complexity index is 930. The molecule has 2 aromatic heterocycles. The molecule has 1 aromatic carbocycles. The Balaban J connectivity index is 1.60. The normalized spacial score (nSPS) is 11.7. The predicted molar refractivity (Wildman–Crippen MR) is 93.4 cm³/mol. The van der Waals surface area contributed by atoms with Crippen LogP contribution in [0.2, 0.25) is 0 Å². The van der Waals surface area contributed by atoms with Crippen molar-refractivity contribution in [3.63, 3.8) is 0 Å². The Kier molecular flexibility index (Phi) is 5.38. The first-order chi connectivity index (χ1) is 12.8. The number of hydrogen-bond donors (Lipinski definition) is 2. The van der Waals surface area contributed by atoms with Gasteiger partial charge in [0.25, 0.3) is 0 Å².